The molecule has 0 bridgehead atoms. The minimum atomic E-state index is -0.585. The number of hydrogen-bond donors (Lipinski definition) is 2. The molecule has 1 amide bonds. The van der Waals surface area contributed by atoms with Crippen LogP contribution in [0.3, 0.4) is 0 Å². The van der Waals surface area contributed by atoms with E-state index in [2.05, 4.69) is 5.32 Å². The lowest BCUT2D eigenvalue weighted by Crippen LogP contribution is -2.35. The third-order valence-corrected chi connectivity index (χ3v) is 5.13. The third-order valence-electron chi connectivity index (χ3n) is 5.13. The van der Waals surface area contributed by atoms with Crippen LogP contribution in [0.15, 0.2) is 22.6 Å². The summed E-state index contributed by atoms with van der Waals surface area (Å²) in [5.41, 5.74) is 1.76. The van der Waals surface area contributed by atoms with Gasteiger partial charge in [-0.1, -0.05) is 19.9 Å². The highest BCUT2D eigenvalue weighted by atomic mass is 16.5. The molecule has 1 saturated heterocycles. The number of benzene rings is 1. The Morgan fingerprint density at radius 3 is 2.96 bits per heavy atom. The molecule has 2 heterocycles. The van der Waals surface area contributed by atoms with E-state index >= 15 is 0 Å². The topological polar surface area (TPSA) is 74.9 Å². The van der Waals surface area contributed by atoms with Gasteiger partial charge in [0, 0.05) is 24.7 Å². The molecule has 1 aliphatic rings. The normalized spacial score (nSPS) is 18.9. The van der Waals surface area contributed by atoms with Crippen molar-refractivity contribution in [2.75, 3.05) is 19.7 Å². The van der Waals surface area contributed by atoms with Crippen molar-refractivity contribution in [3.05, 3.63) is 29.5 Å². The minimum Gasteiger partial charge on any atom is -0.490 e. The summed E-state index contributed by atoms with van der Waals surface area (Å²) >= 11 is 0. The molecule has 2 atom stereocenters. The predicted octanol–water partition coefficient (Wildman–Crippen LogP) is 3.16. The Bertz CT molecular complexity index is 771. The fraction of sp³-hybridized carbons (Fsp3) is 0.571. The Morgan fingerprint density at radius 2 is 2.22 bits per heavy atom. The van der Waals surface area contributed by atoms with Crippen LogP contribution in [0.1, 0.15) is 50.5 Å². The van der Waals surface area contributed by atoms with Crippen LogP contribution in [-0.4, -0.2) is 48.3 Å². The van der Waals surface area contributed by atoms with Crippen LogP contribution in [0.4, 0.5) is 0 Å². The zero-order valence-corrected chi connectivity index (χ0v) is 16.4. The van der Waals surface area contributed by atoms with E-state index < -0.39 is 6.10 Å². The van der Waals surface area contributed by atoms with Crippen molar-refractivity contribution in [2.24, 2.45) is 0 Å². The fourth-order valence-corrected chi connectivity index (χ4v) is 3.70. The molecule has 2 N–H and O–H groups in total. The van der Waals surface area contributed by atoms with Gasteiger partial charge in [-0.2, -0.15) is 0 Å². The molecule has 1 aliphatic heterocycles. The first kappa shape index (κ1) is 19.7. The second kappa shape index (κ2) is 8.76. The molecule has 1 aromatic carbocycles. The predicted molar refractivity (Wildman–Crippen MR) is 105 cm³/mol. The van der Waals surface area contributed by atoms with Crippen LogP contribution < -0.4 is 10.1 Å². The monoisotopic (exact) mass is 374 g/mol. The molecular formula is C21H30N2O4. The second-order valence-corrected chi connectivity index (χ2v) is 7.60. The maximum absolute atomic E-state index is 11.4. The van der Waals surface area contributed by atoms with Crippen molar-refractivity contribution >= 4 is 17.4 Å². The van der Waals surface area contributed by atoms with Crippen LogP contribution in [0, 0.1) is 6.92 Å². The number of likely N-dealkylation sites (tertiary alicyclic amines) is 1. The van der Waals surface area contributed by atoms with Crippen LogP contribution >= 0.6 is 0 Å². The number of amides is 1. The van der Waals surface area contributed by atoms with E-state index in [0.29, 0.717) is 18.3 Å². The molecule has 3 rings (SSSR count). The van der Waals surface area contributed by atoms with Gasteiger partial charge in [-0.25, -0.2) is 0 Å². The van der Waals surface area contributed by atoms with Crippen LogP contribution in [0.25, 0.3) is 11.0 Å². The quantitative estimate of drug-likeness (QED) is 0.694. The van der Waals surface area contributed by atoms with Crippen molar-refractivity contribution in [1.82, 2.24) is 10.2 Å². The number of aryl methyl sites for hydroxylation is 1. The largest absolute Gasteiger partial charge is 0.490 e. The van der Waals surface area contributed by atoms with Gasteiger partial charge in [0.25, 0.3) is 0 Å². The van der Waals surface area contributed by atoms with Gasteiger partial charge in [0.1, 0.15) is 29.8 Å². The van der Waals surface area contributed by atoms with E-state index in [9.17, 15) is 9.90 Å². The highest BCUT2D eigenvalue weighted by molar-refractivity contribution is 5.88. The van der Waals surface area contributed by atoms with Crippen molar-refractivity contribution in [3.8, 4) is 5.75 Å². The molecule has 0 radical (unpaired) electrons. The number of piperidine rings is 1. The number of nitrogens with one attached hydrogen (secondary N) is 1. The molecule has 0 saturated carbocycles. The lowest BCUT2D eigenvalue weighted by molar-refractivity contribution is -0.121. The molecule has 0 spiro atoms. The molecule has 1 aromatic heterocycles. The number of aliphatic hydroxyl groups is 1. The Hall–Kier alpha value is -2.05. The summed E-state index contributed by atoms with van der Waals surface area (Å²) in [7, 11) is 0. The first-order chi connectivity index (χ1) is 13.0. The lowest BCUT2D eigenvalue weighted by atomic mass is 9.97. The van der Waals surface area contributed by atoms with E-state index in [4.69, 9.17) is 9.15 Å². The van der Waals surface area contributed by atoms with E-state index in [-0.39, 0.29) is 12.6 Å². The zero-order chi connectivity index (χ0) is 19.4. The molecule has 6 heteroatoms. The van der Waals surface area contributed by atoms with E-state index in [1.54, 1.807) is 0 Å². The summed E-state index contributed by atoms with van der Waals surface area (Å²) in [6, 6.07) is 6.01. The van der Waals surface area contributed by atoms with Gasteiger partial charge < -0.3 is 24.5 Å². The van der Waals surface area contributed by atoms with Gasteiger partial charge in [-0.05, 0) is 38.3 Å². The minimum absolute atomic E-state index is 0.0164. The van der Waals surface area contributed by atoms with Gasteiger partial charge in [0.2, 0.25) is 6.41 Å². The molecule has 0 aliphatic carbocycles. The number of hydrogen-bond acceptors (Lipinski definition) is 5. The van der Waals surface area contributed by atoms with Crippen LogP contribution in [0.5, 0.6) is 5.75 Å². The molecule has 2 aromatic rings. The standard InChI is InChI=1S/C21H30N2O4/c1-14(2)22-11-16(25)12-26-18-8-6-9-19-20(18)15(3)21(27-19)17-7-4-5-10-23(17)13-24/h6,8-9,13-14,16-17,22,25H,4-5,7,10-12H2,1-3H3. The SMILES string of the molecule is Cc1c(C2CCCCN2C=O)oc2cccc(OCC(O)CNC(C)C)c12. The average Bonchev–Trinajstić information content (AvgIpc) is 3.01. The van der Waals surface area contributed by atoms with E-state index in [0.717, 1.165) is 54.5 Å². The van der Waals surface area contributed by atoms with Crippen molar-refractivity contribution in [2.45, 2.75) is 58.2 Å². The third kappa shape index (κ3) is 4.45. The Kier molecular flexibility index (Phi) is 6.39. The maximum Gasteiger partial charge on any atom is 0.210 e. The molecule has 2 unspecified atom stereocenters. The number of aliphatic hydroxyl groups excluding tert-OH is 1. The Labute approximate surface area is 160 Å². The summed E-state index contributed by atoms with van der Waals surface area (Å²) in [6.07, 6.45) is 3.37. The number of carbonyl (C=O) groups is 1. The highest BCUT2D eigenvalue weighted by Gasteiger charge is 2.29. The molecule has 27 heavy (non-hydrogen) atoms. The number of rotatable bonds is 8. The summed E-state index contributed by atoms with van der Waals surface area (Å²) in [5, 5.41) is 14.2. The maximum atomic E-state index is 11.4. The van der Waals surface area contributed by atoms with Gasteiger partial charge >= 0.3 is 0 Å². The molecule has 1 fully saturated rings. The summed E-state index contributed by atoms with van der Waals surface area (Å²) < 4.78 is 12.1. The molecule has 6 nitrogen and oxygen atoms in total. The number of ether oxygens (including phenoxy) is 1. The Morgan fingerprint density at radius 1 is 1.41 bits per heavy atom. The van der Waals surface area contributed by atoms with Crippen molar-refractivity contribution in [3.63, 3.8) is 0 Å². The van der Waals surface area contributed by atoms with Gasteiger partial charge in [-0.15, -0.1) is 0 Å². The lowest BCUT2D eigenvalue weighted by Gasteiger charge is -2.31. The summed E-state index contributed by atoms with van der Waals surface area (Å²) in [5.74, 6) is 1.55. The average molecular weight is 374 g/mol. The number of nitrogens with zero attached hydrogens (tertiary/aromatic N) is 1. The smallest absolute Gasteiger partial charge is 0.210 e. The second-order valence-electron chi connectivity index (χ2n) is 7.60. The summed E-state index contributed by atoms with van der Waals surface area (Å²) in [6.45, 7) is 7.56. The van der Waals surface area contributed by atoms with Crippen molar-refractivity contribution < 1.29 is 19.1 Å². The van der Waals surface area contributed by atoms with E-state index in [1.165, 1.54) is 0 Å². The van der Waals surface area contributed by atoms with Crippen LogP contribution in [0.2, 0.25) is 0 Å². The van der Waals surface area contributed by atoms with Gasteiger partial charge in [0.05, 0.1) is 11.4 Å². The zero-order valence-electron chi connectivity index (χ0n) is 16.4. The molecular weight excluding hydrogens is 344 g/mol. The van der Waals surface area contributed by atoms with Gasteiger partial charge in [0.15, 0.2) is 0 Å². The summed E-state index contributed by atoms with van der Waals surface area (Å²) in [4.78, 5) is 13.3. The van der Waals surface area contributed by atoms with Gasteiger partial charge in [-0.3, -0.25) is 4.79 Å². The number of furan rings is 1. The van der Waals surface area contributed by atoms with Crippen molar-refractivity contribution in [1.29, 1.82) is 0 Å². The number of fused-ring (bicyclic) bond motifs is 1. The van der Waals surface area contributed by atoms with E-state index in [1.807, 2.05) is 43.9 Å². The first-order valence-corrected chi connectivity index (χ1v) is 9.78. The first-order valence-electron chi connectivity index (χ1n) is 9.78. The van der Waals surface area contributed by atoms with Crippen LogP contribution in [-0.2, 0) is 4.79 Å². The number of carbonyl (C=O) groups excluding carboxylic acids is 1. The Balaban J connectivity index is 1.81. The molecule has 148 valence electrons. The fourth-order valence-electron chi connectivity index (χ4n) is 3.70. The highest BCUT2D eigenvalue weighted by Crippen LogP contribution is 2.40.